The van der Waals surface area contributed by atoms with Crippen LogP contribution in [-0.4, -0.2) is 35.5 Å². The fourth-order valence-electron chi connectivity index (χ4n) is 2.71. The van der Waals surface area contributed by atoms with Gasteiger partial charge in [0.1, 0.15) is 5.82 Å². The van der Waals surface area contributed by atoms with E-state index in [0.29, 0.717) is 19.4 Å². The van der Waals surface area contributed by atoms with Crippen LogP contribution in [0.4, 0.5) is 0 Å². The lowest BCUT2D eigenvalue weighted by Gasteiger charge is -2.14. The highest BCUT2D eigenvalue weighted by atomic mass is 35.5. The van der Waals surface area contributed by atoms with Crippen molar-refractivity contribution in [2.24, 2.45) is 0 Å². The third kappa shape index (κ3) is 5.23. The van der Waals surface area contributed by atoms with E-state index in [0.717, 1.165) is 41.9 Å². The molecule has 7 heteroatoms. The molecule has 1 aliphatic rings. The van der Waals surface area contributed by atoms with Gasteiger partial charge >= 0.3 is 0 Å². The summed E-state index contributed by atoms with van der Waals surface area (Å²) in [5.41, 5.74) is 4.50. The molecule has 24 heavy (non-hydrogen) atoms. The number of imidazole rings is 1. The Kier molecular flexibility index (Phi) is 8.25. The van der Waals surface area contributed by atoms with Gasteiger partial charge in [-0.1, -0.05) is 23.8 Å². The van der Waals surface area contributed by atoms with Crippen LogP contribution in [0.5, 0.6) is 0 Å². The molecule has 0 fully saturated rings. The first-order chi connectivity index (χ1) is 10.7. The van der Waals surface area contributed by atoms with Crippen molar-refractivity contribution in [2.45, 2.75) is 26.2 Å². The molecule has 132 valence electrons. The largest absolute Gasteiger partial charge is 0.352 e. The van der Waals surface area contributed by atoms with Crippen LogP contribution in [0, 0.1) is 6.92 Å². The summed E-state index contributed by atoms with van der Waals surface area (Å²) in [6.07, 6.45) is 4.28. The number of hydrogen-bond donors (Lipinski definition) is 3. The summed E-state index contributed by atoms with van der Waals surface area (Å²) < 4.78 is 0. The number of para-hydroxylation sites is 1. The number of hydrogen-bond acceptors (Lipinski definition) is 3. The molecule has 0 aliphatic carbocycles. The van der Waals surface area contributed by atoms with E-state index in [1.807, 2.05) is 25.1 Å². The van der Waals surface area contributed by atoms with Gasteiger partial charge in [0.25, 0.3) is 0 Å². The number of aromatic nitrogens is 2. The summed E-state index contributed by atoms with van der Waals surface area (Å²) in [5, 5.41) is 6.26. The summed E-state index contributed by atoms with van der Waals surface area (Å²) in [5.74, 6) is 0.956. The molecule has 3 rings (SSSR count). The fourth-order valence-corrected chi connectivity index (χ4v) is 2.71. The molecule has 1 aromatic heterocycles. The minimum absolute atomic E-state index is 0. The van der Waals surface area contributed by atoms with Crippen molar-refractivity contribution < 1.29 is 4.79 Å². The number of rotatable bonds is 5. The molecule has 1 amide bonds. The molecular formula is C17H24Cl2N4O. The quantitative estimate of drug-likeness (QED) is 0.708. The number of H-pyrrole nitrogens is 1. The lowest BCUT2D eigenvalue weighted by atomic mass is 10.1. The minimum Gasteiger partial charge on any atom is -0.352 e. The van der Waals surface area contributed by atoms with E-state index in [9.17, 15) is 4.79 Å². The molecule has 0 saturated heterocycles. The maximum absolute atomic E-state index is 11.9. The smallest absolute Gasteiger partial charge is 0.220 e. The van der Waals surface area contributed by atoms with Gasteiger partial charge in [0.05, 0.1) is 11.0 Å². The molecule has 1 aliphatic heterocycles. The number of nitrogens with zero attached hydrogens (tertiary/aromatic N) is 1. The zero-order valence-electron chi connectivity index (χ0n) is 13.7. The topological polar surface area (TPSA) is 69.8 Å². The number of amides is 1. The molecule has 3 N–H and O–H groups in total. The van der Waals surface area contributed by atoms with Crippen molar-refractivity contribution in [2.75, 3.05) is 19.6 Å². The Balaban J connectivity index is 0.00000144. The zero-order valence-corrected chi connectivity index (χ0v) is 15.4. The number of fused-ring (bicyclic) bond motifs is 1. The second kappa shape index (κ2) is 9.67. The van der Waals surface area contributed by atoms with Crippen molar-refractivity contribution in [1.82, 2.24) is 20.6 Å². The Labute approximate surface area is 154 Å². The standard InChI is InChI=1S/C17H22N4O.2ClH/c1-12-3-2-4-14-17(12)21-15(20-14)5-6-16(22)19-11-13-7-9-18-10-8-13;;/h2-4,7,18H,5-6,8-11H2,1H3,(H,19,22)(H,20,21);2*1H. The van der Waals surface area contributed by atoms with Crippen LogP contribution in [0.15, 0.2) is 29.8 Å². The highest BCUT2D eigenvalue weighted by Crippen LogP contribution is 2.16. The number of benzene rings is 1. The van der Waals surface area contributed by atoms with Crippen molar-refractivity contribution in [3.8, 4) is 0 Å². The Hall–Kier alpha value is -1.56. The Morgan fingerprint density at radius 2 is 2.17 bits per heavy atom. The normalized spacial score (nSPS) is 13.6. The third-order valence-electron chi connectivity index (χ3n) is 4.02. The zero-order chi connectivity index (χ0) is 15.4. The van der Waals surface area contributed by atoms with Crippen molar-refractivity contribution in [3.05, 3.63) is 41.2 Å². The van der Waals surface area contributed by atoms with Gasteiger partial charge in [-0.2, -0.15) is 0 Å². The molecule has 1 aromatic carbocycles. The Bertz CT molecular complexity index is 712. The summed E-state index contributed by atoms with van der Waals surface area (Å²) in [7, 11) is 0. The van der Waals surface area contributed by atoms with Crippen LogP contribution in [0.25, 0.3) is 11.0 Å². The van der Waals surface area contributed by atoms with Gasteiger partial charge in [0.15, 0.2) is 0 Å². The van der Waals surface area contributed by atoms with Gasteiger partial charge in [0.2, 0.25) is 5.91 Å². The van der Waals surface area contributed by atoms with E-state index in [1.54, 1.807) is 0 Å². The second-order valence-corrected chi connectivity index (χ2v) is 5.75. The van der Waals surface area contributed by atoms with Gasteiger partial charge in [-0.25, -0.2) is 4.98 Å². The van der Waals surface area contributed by atoms with E-state index in [4.69, 9.17) is 0 Å². The van der Waals surface area contributed by atoms with E-state index >= 15 is 0 Å². The summed E-state index contributed by atoms with van der Waals surface area (Å²) in [4.78, 5) is 19.8. The van der Waals surface area contributed by atoms with Crippen LogP contribution < -0.4 is 10.6 Å². The number of nitrogens with one attached hydrogen (secondary N) is 3. The number of carbonyl (C=O) groups excluding carboxylic acids is 1. The first kappa shape index (κ1) is 20.5. The highest BCUT2D eigenvalue weighted by Gasteiger charge is 2.09. The average Bonchev–Trinajstić information content (AvgIpc) is 2.96. The molecule has 0 unspecified atom stereocenters. The third-order valence-corrected chi connectivity index (χ3v) is 4.02. The summed E-state index contributed by atoms with van der Waals surface area (Å²) in [6.45, 7) is 4.62. The molecule has 2 aromatic rings. The number of aryl methyl sites for hydroxylation is 2. The van der Waals surface area contributed by atoms with Crippen molar-refractivity contribution >= 4 is 41.8 Å². The van der Waals surface area contributed by atoms with Gasteiger partial charge in [-0.05, 0) is 31.5 Å². The Morgan fingerprint density at radius 1 is 1.33 bits per heavy atom. The van der Waals surface area contributed by atoms with E-state index in [2.05, 4.69) is 26.7 Å². The molecular weight excluding hydrogens is 347 g/mol. The fraction of sp³-hybridized carbons (Fsp3) is 0.412. The van der Waals surface area contributed by atoms with Gasteiger partial charge in [-0.3, -0.25) is 4.79 Å². The highest BCUT2D eigenvalue weighted by molar-refractivity contribution is 5.85. The molecule has 0 atom stereocenters. The van der Waals surface area contributed by atoms with Gasteiger partial charge in [0, 0.05) is 25.9 Å². The van der Waals surface area contributed by atoms with E-state index in [-0.39, 0.29) is 30.7 Å². The van der Waals surface area contributed by atoms with E-state index in [1.165, 1.54) is 5.57 Å². The van der Waals surface area contributed by atoms with Crippen molar-refractivity contribution in [3.63, 3.8) is 0 Å². The number of aromatic amines is 1. The molecule has 0 saturated carbocycles. The SMILES string of the molecule is Cc1cccc2[nH]c(CCC(=O)NCC3=CCNCC3)nc12.Cl.Cl. The molecule has 0 bridgehead atoms. The number of carbonyl (C=O) groups is 1. The molecule has 2 heterocycles. The van der Waals surface area contributed by atoms with Gasteiger partial charge < -0.3 is 15.6 Å². The van der Waals surface area contributed by atoms with Crippen molar-refractivity contribution in [1.29, 1.82) is 0 Å². The predicted octanol–water partition coefficient (Wildman–Crippen LogP) is 2.68. The van der Waals surface area contributed by atoms with Crippen LogP contribution in [-0.2, 0) is 11.2 Å². The van der Waals surface area contributed by atoms with Crippen LogP contribution in [0.3, 0.4) is 0 Å². The molecule has 0 radical (unpaired) electrons. The molecule has 0 spiro atoms. The average molecular weight is 371 g/mol. The van der Waals surface area contributed by atoms with Crippen LogP contribution in [0.2, 0.25) is 0 Å². The lowest BCUT2D eigenvalue weighted by Crippen LogP contribution is -2.29. The van der Waals surface area contributed by atoms with E-state index < -0.39 is 0 Å². The Morgan fingerprint density at radius 3 is 2.88 bits per heavy atom. The summed E-state index contributed by atoms with van der Waals surface area (Å²) in [6, 6.07) is 6.08. The monoisotopic (exact) mass is 370 g/mol. The molecule has 5 nitrogen and oxygen atoms in total. The maximum atomic E-state index is 11.9. The minimum atomic E-state index is 0. The predicted molar refractivity (Wildman–Crippen MR) is 102 cm³/mol. The maximum Gasteiger partial charge on any atom is 0.220 e. The second-order valence-electron chi connectivity index (χ2n) is 5.75. The first-order valence-electron chi connectivity index (χ1n) is 7.82. The summed E-state index contributed by atoms with van der Waals surface area (Å²) >= 11 is 0. The van der Waals surface area contributed by atoms with Crippen LogP contribution in [0.1, 0.15) is 24.2 Å². The number of halogens is 2. The lowest BCUT2D eigenvalue weighted by molar-refractivity contribution is -0.120. The van der Waals surface area contributed by atoms with Gasteiger partial charge in [-0.15, -0.1) is 24.8 Å². The van der Waals surface area contributed by atoms with Crippen LogP contribution >= 0.6 is 24.8 Å². The first-order valence-corrected chi connectivity index (χ1v) is 7.82.